The average Bonchev–Trinajstić information content (AvgIpc) is 2.30. The standard InChI is InChI=1S/C10H19NO6/c1-2-3-4-16-10(15)11-9-8(14)7(13)6(12)5-17-9/h6-9,12-14H,2-5H2,1H3,(H,11,15)/t6-,7-,8+,9+/m0/s1. The molecule has 0 aromatic carbocycles. The molecule has 1 heterocycles. The topological polar surface area (TPSA) is 108 Å². The summed E-state index contributed by atoms with van der Waals surface area (Å²) in [6.45, 7) is 2.10. The summed E-state index contributed by atoms with van der Waals surface area (Å²) < 4.78 is 9.79. The zero-order valence-electron chi connectivity index (χ0n) is 9.70. The van der Waals surface area contributed by atoms with Crippen LogP contribution in [0.1, 0.15) is 19.8 Å². The van der Waals surface area contributed by atoms with E-state index in [1.54, 1.807) is 0 Å². The average molecular weight is 249 g/mol. The summed E-state index contributed by atoms with van der Waals surface area (Å²) >= 11 is 0. The highest BCUT2D eigenvalue weighted by Gasteiger charge is 2.38. The molecule has 0 aliphatic carbocycles. The molecule has 4 N–H and O–H groups in total. The van der Waals surface area contributed by atoms with Crippen LogP contribution in [-0.4, -0.2) is 59.2 Å². The lowest BCUT2D eigenvalue weighted by atomic mass is 10.0. The second-order valence-electron chi connectivity index (χ2n) is 3.94. The van der Waals surface area contributed by atoms with Crippen LogP contribution >= 0.6 is 0 Å². The summed E-state index contributed by atoms with van der Waals surface area (Å²) in [5.41, 5.74) is 0. The van der Waals surface area contributed by atoms with Crippen molar-refractivity contribution in [2.45, 2.75) is 44.3 Å². The van der Waals surface area contributed by atoms with E-state index < -0.39 is 30.6 Å². The molecule has 1 saturated heterocycles. The monoisotopic (exact) mass is 249 g/mol. The zero-order chi connectivity index (χ0) is 12.8. The Morgan fingerprint density at radius 3 is 2.76 bits per heavy atom. The molecule has 0 radical (unpaired) electrons. The van der Waals surface area contributed by atoms with Crippen molar-refractivity contribution in [1.82, 2.24) is 5.32 Å². The first kappa shape index (κ1) is 14.2. The predicted molar refractivity (Wildman–Crippen MR) is 57.2 cm³/mol. The summed E-state index contributed by atoms with van der Waals surface area (Å²) in [5, 5.41) is 30.4. The number of ether oxygens (including phenoxy) is 2. The number of aliphatic hydroxyl groups is 3. The Balaban J connectivity index is 2.33. The number of amides is 1. The van der Waals surface area contributed by atoms with Crippen LogP contribution in [0, 0.1) is 0 Å². The Labute approximate surface area is 99.3 Å². The number of aliphatic hydroxyl groups excluding tert-OH is 3. The first-order chi connectivity index (χ1) is 8.06. The number of alkyl carbamates (subject to hydrolysis) is 1. The van der Waals surface area contributed by atoms with E-state index in [-0.39, 0.29) is 13.2 Å². The smallest absolute Gasteiger partial charge is 0.409 e. The maximum Gasteiger partial charge on any atom is 0.409 e. The summed E-state index contributed by atoms with van der Waals surface area (Å²) in [6, 6.07) is 0. The van der Waals surface area contributed by atoms with Crippen LogP contribution in [0.2, 0.25) is 0 Å². The number of carbonyl (C=O) groups excluding carboxylic acids is 1. The van der Waals surface area contributed by atoms with Gasteiger partial charge in [-0.25, -0.2) is 4.79 Å². The molecule has 1 rings (SSSR count). The second kappa shape index (κ2) is 6.75. The van der Waals surface area contributed by atoms with Gasteiger partial charge >= 0.3 is 6.09 Å². The molecule has 1 aliphatic heterocycles. The van der Waals surface area contributed by atoms with Crippen molar-refractivity contribution in [3.8, 4) is 0 Å². The highest BCUT2D eigenvalue weighted by Crippen LogP contribution is 2.13. The number of hydrogen-bond acceptors (Lipinski definition) is 6. The van der Waals surface area contributed by atoms with Crippen LogP contribution in [0.5, 0.6) is 0 Å². The molecule has 0 unspecified atom stereocenters. The number of carbonyl (C=O) groups is 1. The van der Waals surface area contributed by atoms with Gasteiger partial charge in [0, 0.05) is 0 Å². The third-order valence-corrected chi connectivity index (χ3v) is 2.49. The summed E-state index contributed by atoms with van der Waals surface area (Å²) in [4.78, 5) is 11.3. The highest BCUT2D eigenvalue weighted by molar-refractivity contribution is 5.67. The normalized spacial score (nSPS) is 33.2. The van der Waals surface area contributed by atoms with Gasteiger partial charge in [0.15, 0.2) is 6.23 Å². The number of hydrogen-bond donors (Lipinski definition) is 4. The predicted octanol–water partition coefficient (Wildman–Crippen LogP) is -1.05. The molecule has 7 heteroatoms. The molecule has 1 fully saturated rings. The fourth-order valence-electron chi connectivity index (χ4n) is 1.40. The van der Waals surface area contributed by atoms with E-state index in [1.807, 2.05) is 6.92 Å². The lowest BCUT2D eigenvalue weighted by Crippen LogP contribution is -2.59. The molecule has 0 saturated carbocycles. The van der Waals surface area contributed by atoms with Crippen molar-refractivity contribution in [3.05, 3.63) is 0 Å². The zero-order valence-corrected chi connectivity index (χ0v) is 9.70. The molecule has 1 amide bonds. The Hall–Kier alpha value is -0.890. The van der Waals surface area contributed by atoms with Gasteiger partial charge in [0.1, 0.15) is 18.3 Å². The lowest BCUT2D eigenvalue weighted by Gasteiger charge is -2.35. The largest absolute Gasteiger partial charge is 0.450 e. The molecule has 100 valence electrons. The Kier molecular flexibility index (Phi) is 5.63. The fraction of sp³-hybridized carbons (Fsp3) is 0.900. The molecule has 7 nitrogen and oxygen atoms in total. The van der Waals surface area contributed by atoms with E-state index in [4.69, 9.17) is 9.47 Å². The van der Waals surface area contributed by atoms with Crippen LogP contribution in [0.4, 0.5) is 4.79 Å². The molecule has 4 atom stereocenters. The van der Waals surface area contributed by atoms with Crippen LogP contribution in [0.3, 0.4) is 0 Å². The number of rotatable bonds is 4. The molecular formula is C10H19NO6. The second-order valence-corrected chi connectivity index (χ2v) is 3.94. The highest BCUT2D eigenvalue weighted by atomic mass is 16.6. The minimum Gasteiger partial charge on any atom is -0.450 e. The van der Waals surface area contributed by atoms with Crippen molar-refractivity contribution < 1.29 is 29.6 Å². The SMILES string of the molecule is CCCCOC(=O)N[C@@H]1OC[C@H](O)[C@H](O)[C@H]1O. The lowest BCUT2D eigenvalue weighted by molar-refractivity contribution is -0.192. The molecule has 17 heavy (non-hydrogen) atoms. The van der Waals surface area contributed by atoms with Crippen LogP contribution in [0.25, 0.3) is 0 Å². The van der Waals surface area contributed by atoms with E-state index in [9.17, 15) is 20.1 Å². The third kappa shape index (κ3) is 4.12. The van der Waals surface area contributed by atoms with E-state index in [2.05, 4.69) is 5.32 Å². The molecule has 0 aromatic rings. The van der Waals surface area contributed by atoms with Crippen molar-refractivity contribution in [2.75, 3.05) is 13.2 Å². The summed E-state index contributed by atoms with van der Waals surface area (Å²) in [7, 11) is 0. The summed E-state index contributed by atoms with van der Waals surface area (Å²) in [5.74, 6) is 0. The van der Waals surface area contributed by atoms with Gasteiger partial charge < -0.3 is 24.8 Å². The Bertz CT molecular complexity index is 249. The van der Waals surface area contributed by atoms with Gasteiger partial charge in [-0.2, -0.15) is 0 Å². The van der Waals surface area contributed by atoms with Crippen molar-refractivity contribution >= 4 is 6.09 Å². The van der Waals surface area contributed by atoms with Gasteiger partial charge in [-0.15, -0.1) is 0 Å². The van der Waals surface area contributed by atoms with Gasteiger partial charge in [-0.3, -0.25) is 5.32 Å². The first-order valence-electron chi connectivity index (χ1n) is 5.65. The molecule has 0 spiro atoms. The van der Waals surface area contributed by atoms with Crippen molar-refractivity contribution in [3.63, 3.8) is 0 Å². The van der Waals surface area contributed by atoms with Crippen molar-refractivity contribution in [1.29, 1.82) is 0 Å². The van der Waals surface area contributed by atoms with Gasteiger partial charge in [-0.05, 0) is 6.42 Å². The molecule has 1 aliphatic rings. The minimum absolute atomic E-state index is 0.155. The first-order valence-corrected chi connectivity index (χ1v) is 5.65. The quantitative estimate of drug-likeness (QED) is 0.474. The molecular weight excluding hydrogens is 230 g/mol. The number of nitrogens with one attached hydrogen (secondary N) is 1. The summed E-state index contributed by atoms with van der Waals surface area (Å²) in [6.07, 6.45) is -4.00. The Morgan fingerprint density at radius 2 is 2.12 bits per heavy atom. The maximum atomic E-state index is 11.3. The van der Waals surface area contributed by atoms with E-state index in [1.165, 1.54) is 0 Å². The van der Waals surface area contributed by atoms with Crippen LogP contribution < -0.4 is 5.32 Å². The molecule has 0 aromatic heterocycles. The van der Waals surface area contributed by atoms with E-state index >= 15 is 0 Å². The van der Waals surface area contributed by atoms with Crippen LogP contribution in [0.15, 0.2) is 0 Å². The van der Waals surface area contributed by atoms with E-state index in [0.717, 1.165) is 12.8 Å². The number of unbranched alkanes of at least 4 members (excludes halogenated alkanes) is 1. The van der Waals surface area contributed by atoms with Gasteiger partial charge in [0.05, 0.1) is 13.2 Å². The van der Waals surface area contributed by atoms with Crippen molar-refractivity contribution in [2.24, 2.45) is 0 Å². The van der Waals surface area contributed by atoms with Gasteiger partial charge in [0.2, 0.25) is 0 Å². The van der Waals surface area contributed by atoms with E-state index in [0.29, 0.717) is 0 Å². The van der Waals surface area contributed by atoms with Gasteiger partial charge in [-0.1, -0.05) is 13.3 Å². The van der Waals surface area contributed by atoms with Gasteiger partial charge in [0.25, 0.3) is 0 Å². The minimum atomic E-state index is -1.38. The van der Waals surface area contributed by atoms with Crippen LogP contribution in [-0.2, 0) is 9.47 Å². The molecule has 0 bridgehead atoms. The third-order valence-electron chi connectivity index (χ3n) is 2.49. The Morgan fingerprint density at radius 1 is 1.41 bits per heavy atom. The fourth-order valence-corrected chi connectivity index (χ4v) is 1.40. The maximum absolute atomic E-state index is 11.3.